The molecule has 8 heteroatoms. The van der Waals surface area contributed by atoms with Crippen LogP contribution < -0.4 is 16.0 Å². The van der Waals surface area contributed by atoms with Crippen molar-refractivity contribution < 1.29 is 23.5 Å². The summed E-state index contributed by atoms with van der Waals surface area (Å²) in [7, 11) is 0. The predicted octanol–water partition coefficient (Wildman–Crippen LogP) is 5.19. The highest BCUT2D eigenvalue weighted by atomic mass is 16.6. The Morgan fingerprint density at radius 1 is 1.03 bits per heavy atom. The number of alkyl carbamates (subject to hydrolysis) is 1. The molecule has 2 aromatic rings. The van der Waals surface area contributed by atoms with Gasteiger partial charge in [-0.15, -0.1) is 0 Å². The van der Waals surface area contributed by atoms with Crippen LogP contribution in [0, 0.1) is 6.92 Å². The zero-order chi connectivity index (χ0) is 24.8. The predicted molar refractivity (Wildman–Crippen MR) is 130 cm³/mol. The van der Waals surface area contributed by atoms with E-state index in [0.717, 1.165) is 44.1 Å². The van der Waals surface area contributed by atoms with Crippen molar-refractivity contribution in [1.29, 1.82) is 0 Å². The molecule has 34 heavy (non-hydrogen) atoms. The fraction of sp³-hybridized carbons (Fsp3) is 0.500. The van der Waals surface area contributed by atoms with Gasteiger partial charge in [-0.05, 0) is 70.4 Å². The summed E-state index contributed by atoms with van der Waals surface area (Å²) in [5, 5.41) is 8.84. The summed E-state index contributed by atoms with van der Waals surface area (Å²) in [5.41, 5.74) is 0.613. The summed E-state index contributed by atoms with van der Waals surface area (Å²) in [5.74, 6) is -0.467. The molecule has 3 rings (SSSR count). The van der Waals surface area contributed by atoms with Gasteiger partial charge >= 0.3 is 6.09 Å². The van der Waals surface area contributed by atoms with E-state index in [1.54, 1.807) is 30.3 Å². The number of nitrogens with one attached hydrogen (secondary N) is 3. The number of amides is 3. The van der Waals surface area contributed by atoms with Crippen molar-refractivity contribution in [3.8, 4) is 0 Å². The molecular formula is C26H35N3O5. The smallest absolute Gasteiger partial charge is 0.408 e. The Morgan fingerprint density at radius 3 is 2.35 bits per heavy atom. The van der Waals surface area contributed by atoms with Crippen molar-refractivity contribution >= 4 is 23.6 Å². The van der Waals surface area contributed by atoms with Gasteiger partial charge in [-0.1, -0.05) is 31.7 Å². The minimum absolute atomic E-state index is 0.192. The number of hydrogen-bond donors (Lipinski definition) is 3. The van der Waals surface area contributed by atoms with E-state index in [2.05, 4.69) is 16.0 Å². The number of carbonyl (C=O) groups is 3. The zero-order valence-corrected chi connectivity index (χ0v) is 20.5. The molecule has 1 fully saturated rings. The van der Waals surface area contributed by atoms with Crippen LogP contribution in [0.1, 0.15) is 85.8 Å². The first-order valence-corrected chi connectivity index (χ1v) is 11.8. The van der Waals surface area contributed by atoms with Crippen LogP contribution in [-0.2, 0) is 4.74 Å². The van der Waals surface area contributed by atoms with Crippen LogP contribution in [0.25, 0.3) is 0 Å². The number of aryl methyl sites for hydroxylation is 1. The van der Waals surface area contributed by atoms with Crippen molar-refractivity contribution in [2.75, 3.05) is 11.9 Å². The third-order valence-corrected chi connectivity index (χ3v) is 5.91. The lowest BCUT2D eigenvalue weighted by atomic mass is 9.90. The molecule has 1 aliphatic carbocycles. The molecule has 3 amide bonds. The van der Waals surface area contributed by atoms with Crippen LogP contribution in [0.5, 0.6) is 0 Å². The van der Waals surface area contributed by atoms with E-state index in [1.807, 2.05) is 27.7 Å². The molecule has 0 radical (unpaired) electrons. The average molecular weight is 470 g/mol. The fourth-order valence-electron chi connectivity index (χ4n) is 4.11. The van der Waals surface area contributed by atoms with Gasteiger partial charge in [0.1, 0.15) is 5.60 Å². The fourth-order valence-corrected chi connectivity index (χ4v) is 4.11. The van der Waals surface area contributed by atoms with Crippen molar-refractivity contribution in [2.45, 2.75) is 77.4 Å². The van der Waals surface area contributed by atoms with Gasteiger partial charge < -0.3 is 25.1 Å². The maximum Gasteiger partial charge on any atom is 0.408 e. The first-order chi connectivity index (χ1) is 16.1. The normalized spacial score (nSPS) is 15.6. The molecule has 1 aromatic carbocycles. The van der Waals surface area contributed by atoms with Gasteiger partial charge in [0.15, 0.2) is 5.76 Å². The Kier molecular flexibility index (Phi) is 8.02. The van der Waals surface area contributed by atoms with Crippen LogP contribution in [-0.4, -0.2) is 35.6 Å². The number of ether oxygens (including phenoxy) is 1. The Bertz CT molecular complexity index is 1000. The number of furan rings is 1. The summed E-state index contributed by atoms with van der Waals surface area (Å²) in [6, 6.07) is 8.36. The zero-order valence-electron chi connectivity index (χ0n) is 20.5. The monoisotopic (exact) mass is 469 g/mol. The Balaban J connectivity index is 1.70. The van der Waals surface area contributed by atoms with E-state index in [0.29, 0.717) is 17.8 Å². The number of rotatable bonds is 6. The molecule has 3 N–H and O–H groups in total. The minimum atomic E-state index is -0.600. The highest BCUT2D eigenvalue weighted by molar-refractivity contribution is 6.03. The summed E-state index contributed by atoms with van der Waals surface area (Å²) in [4.78, 5) is 37.9. The lowest BCUT2D eigenvalue weighted by molar-refractivity contribution is 0.0437. The molecule has 0 unspecified atom stereocenters. The third-order valence-electron chi connectivity index (χ3n) is 5.91. The second-order valence-electron chi connectivity index (χ2n) is 9.97. The van der Waals surface area contributed by atoms with Gasteiger partial charge in [0.05, 0.1) is 11.8 Å². The molecule has 1 saturated carbocycles. The summed E-state index contributed by atoms with van der Waals surface area (Å²) < 4.78 is 10.6. The molecule has 0 bridgehead atoms. The van der Waals surface area contributed by atoms with Gasteiger partial charge in [-0.25, -0.2) is 4.79 Å². The maximum absolute atomic E-state index is 13.0. The minimum Gasteiger partial charge on any atom is -0.459 e. The van der Waals surface area contributed by atoms with Gasteiger partial charge in [0.25, 0.3) is 11.8 Å². The lowest BCUT2D eigenvalue weighted by Crippen LogP contribution is -2.56. The van der Waals surface area contributed by atoms with E-state index >= 15 is 0 Å². The van der Waals surface area contributed by atoms with Gasteiger partial charge in [0.2, 0.25) is 0 Å². The molecule has 0 spiro atoms. The Labute approximate surface area is 200 Å². The number of carbonyl (C=O) groups excluding carboxylic acids is 3. The molecule has 1 heterocycles. The number of anilines is 1. The highest BCUT2D eigenvalue weighted by Gasteiger charge is 2.34. The molecule has 0 aliphatic heterocycles. The van der Waals surface area contributed by atoms with E-state index in [4.69, 9.17) is 9.15 Å². The van der Waals surface area contributed by atoms with Crippen LogP contribution in [0.3, 0.4) is 0 Å². The van der Waals surface area contributed by atoms with Gasteiger partial charge in [-0.3, -0.25) is 9.59 Å². The molecule has 1 aliphatic rings. The molecular weight excluding hydrogens is 434 g/mol. The van der Waals surface area contributed by atoms with Crippen molar-refractivity contribution in [1.82, 2.24) is 10.6 Å². The van der Waals surface area contributed by atoms with Crippen molar-refractivity contribution in [3.63, 3.8) is 0 Å². The average Bonchev–Trinajstić information content (AvgIpc) is 3.20. The first-order valence-electron chi connectivity index (χ1n) is 11.8. The Hall–Kier alpha value is -3.29. The van der Waals surface area contributed by atoms with Gasteiger partial charge in [0, 0.05) is 17.8 Å². The first kappa shape index (κ1) is 25.3. The summed E-state index contributed by atoms with van der Waals surface area (Å²) in [6.07, 6.45) is 6.64. The van der Waals surface area contributed by atoms with E-state index in [-0.39, 0.29) is 17.6 Å². The molecule has 184 valence electrons. The number of hydrogen-bond acceptors (Lipinski definition) is 5. The van der Waals surface area contributed by atoms with Crippen LogP contribution >= 0.6 is 0 Å². The van der Waals surface area contributed by atoms with Crippen molar-refractivity contribution in [3.05, 3.63) is 53.5 Å². The van der Waals surface area contributed by atoms with E-state index < -0.39 is 17.2 Å². The third kappa shape index (κ3) is 7.10. The van der Waals surface area contributed by atoms with Crippen LogP contribution in [0.15, 0.2) is 41.0 Å². The maximum atomic E-state index is 13.0. The Morgan fingerprint density at radius 2 is 1.74 bits per heavy atom. The quantitative estimate of drug-likeness (QED) is 0.505. The number of benzene rings is 1. The van der Waals surface area contributed by atoms with Crippen LogP contribution in [0.2, 0.25) is 0 Å². The SMILES string of the molecule is Cc1ccc(C(=O)NCC2(NC(=O)OC(C)(C)C)CCCCCC2)cc1NC(=O)c1ccco1. The summed E-state index contributed by atoms with van der Waals surface area (Å²) in [6.45, 7) is 7.63. The van der Waals surface area contributed by atoms with E-state index in [9.17, 15) is 14.4 Å². The standard InChI is InChI=1S/C26H35N3O5/c1-18-11-12-19(16-20(18)28-23(31)21-10-9-15-33-21)22(30)27-17-26(13-7-5-6-8-14-26)29-24(32)34-25(2,3)4/h9-12,15-16H,5-8,13-14,17H2,1-4H3,(H,27,30)(H,28,31)(H,29,32). The van der Waals surface area contributed by atoms with Crippen molar-refractivity contribution in [2.24, 2.45) is 0 Å². The molecule has 1 aromatic heterocycles. The molecule has 0 saturated heterocycles. The van der Waals surface area contributed by atoms with Gasteiger partial charge in [-0.2, -0.15) is 0 Å². The molecule has 0 atom stereocenters. The second-order valence-corrected chi connectivity index (χ2v) is 9.97. The summed E-state index contributed by atoms with van der Waals surface area (Å²) >= 11 is 0. The largest absolute Gasteiger partial charge is 0.459 e. The molecule has 8 nitrogen and oxygen atoms in total. The van der Waals surface area contributed by atoms with Crippen LogP contribution in [0.4, 0.5) is 10.5 Å². The highest BCUT2D eigenvalue weighted by Crippen LogP contribution is 2.28. The van der Waals surface area contributed by atoms with E-state index in [1.165, 1.54) is 6.26 Å². The second kappa shape index (κ2) is 10.8. The topological polar surface area (TPSA) is 110 Å². The lowest BCUT2D eigenvalue weighted by Gasteiger charge is -2.35.